The molecule has 2 nitrogen and oxygen atoms in total. The molecule has 0 aliphatic heterocycles. The first-order chi connectivity index (χ1) is 6.24. The summed E-state index contributed by atoms with van der Waals surface area (Å²) >= 11 is 1.87. The fourth-order valence-electron chi connectivity index (χ4n) is 1.06. The first kappa shape index (κ1) is 10.7. The van der Waals surface area contributed by atoms with Crippen molar-refractivity contribution in [2.75, 3.05) is 12.8 Å². The number of thioether (sulfide) groups is 1. The van der Waals surface area contributed by atoms with Gasteiger partial charge in [0.05, 0.1) is 12.8 Å². The number of furan rings is 1. The molecule has 0 fully saturated rings. The lowest BCUT2D eigenvalue weighted by molar-refractivity contribution is 0.481. The van der Waals surface area contributed by atoms with Crippen molar-refractivity contribution in [3.05, 3.63) is 23.7 Å². The van der Waals surface area contributed by atoms with Crippen LogP contribution in [0.5, 0.6) is 0 Å². The van der Waals surface area contributed by atoms with Crippen LogP contribution in [0.15, 0.2) is 16.7 Å². The van der Waals surface area contributed by atoms with E-state index in [9.17, 15) is 0 Å². The maximum atomic E-state index is 5.31. The van der Waals surface area contributed by atoms with E-state index in [-0.39, 0.29) is 0 Å². The third-order valence-corrected chi connectivity index (χ3v) is 3.06. The summed E-state index contributed by atoms with van der Waals surface area (Å²) < 4.78 is 5.31. The van der Waals surface area contributed by atoms with E-state index in [4.69, 9.17) is 4.42 Å². The average molecular weight is 199 g/mol. The van der Waals surface area contributed by atoms with Gasteiger partial charge in [0.25, 0.3) is 0 Å². The van der Waals surface area contributed by atoms with E-state index in [1.54, 1.807) is 6.26 Å². The Morgan fingerprint density at radius 2 is 2.38 bits per heavy atom. The summed E-state index contributed by atoms with van der Waals surface area (Å²) in [7, 11) is 0. The molecule has 0 bridgehead atoms. The zero-order chi connectivity index (χ0) is 9.68. The summed E-state index contributed by atoms with van der Waals surface area (Å²) in [6.45, 7) is 6.15. The van der Waals surface area contributed by atoms with Crippen LogP contribution in [0.2, 0.25) is 0 Å². The van der Waals surface area contributed by atoms with Gasteiger partial charge in [0.1, 0.15) is 5.76 Å². The molecule has 1 unspecified atom stereocenters. The normalized spacial score (nSPS) is 13.2. The Kier molecular flexibility index (Phi) is 4.39. The number of hydrogen-bond donors (Lipinski definition) is 1. The molecular formula is C10H17NOS. The van der Waals surface area contributed by atoms with Crippen LogP contribution in [0, 0.1) is 6.92 Å². The molecule has 0 aliphatic rings. The Hall–Kier alpha value is -0.410. The fraction of sp³-hybridized carbons (Fsp3) is 0.600. The van der Waals surface area contributed by atoms with Crippen LogP contribution < -0.4 is 5.32 Å². The Labute approximate surface area is 84.1 Å². The highest BCUT2D eigenvalue weighted by Gasteiger charge is 2.02. The summed E-state index contributed by atoms with van der Waals surface area (Å²) in [6, 6.07) is 2.00. The van der Waals surface area contributed by atoms with Crippen LogP contribution in [-0.2, 0) is 6.54 Å². The Balaban J connectivity index is 2.24. The topological polar surface area (TPSA) is 25.2 Å². The van der Waals surface area contributed by atoms with E-state index in [1.165, 1.54) is 5.56 Å². The van der Waals surface area contributed by atoms with Gasteiger partial charge in [-0.1, -0.05) is 6.92 Å². The zero-order valence-electron chi connectivity index (χ0n) is 8.46. The van der Waals surface area contributed by atoms with Crippen LogP contribution in [-0.4, -0.2) is 18.1 Å². The number of hydrogen-bond acceptors (Lipinski definition) is 3. The SMILES string of the molecule is CSC(C)CNCc1occc1C. The second kappa shape index (κ2) is 5.35. The lowest BCUT2D eigenvalue weighted by atomic mass is 10.3. The van der Waals surface area contributed by atoms with Gasteiger partial charge in [-0.15, -0.1) is 0 Å². The summed E-state index contributed by atoms with van der Waals surface area (Å²) in [5.74, 6) is 1.05. The molecule has 1 atom stereocenters. The minimum atomic E-state index is 0.662. The van der Waals surface area contributed by atoms with Crippen LogP contribution in [0.25, 0.3) is 0 Å². The van der Waals surface area contributed by atoms with Gasteiger partial charge in [0.15, 0.2) is 0 Å². The molecule has 13 heavy (non-hydrogen) atoms. The fourth-order valence-corrected chi connectivity index (χ4v) is 1.34. The van der Waals surface area contributed by atoms with Crippen molar-refractivity contribution in [3.63, 3.8) is 0 Å². The predicted molar refractivity (Wildman–Crippen MR) is 58.1 cm³/mol. The molecule has 0 aliphatic carbocycles. The monoisotopic (exact) mass is 199 g/mol. The summed E-state index contributed by atoms with van der Waals surface area (Å²) in [5.41, 5.74) is 1.23. The molecule has 3 heteroatoms. The van der Waals surface area contributed by atoms with E-state index in [2.05, 4.69) is 25.4 Å². The molecule has 74 valence electrons. The van der Waals surface area contributed by atoms with Crippen LogP contribution in [0.4, 0.5) is 0 Å². The molecule has 0 aromatic carbocycles. The Morgan fingerprint density at radius 1 is 1.62 bits per heavy atom. The standard InChI is InChI=1S/C10H17NOS/c1-8-4-5-12-10(8)7-11-6-9(2)13-3/h4-5,9,11H,6-7H2,1-3H3. The van der Waals surface area contributed by atoms with Crippen LogP contribution in [0.3, 0.4) is 0 Å². The van der Waals surface area contributed by atoms with Gasteiger partial charge in [0.2, 0.25) is 0 Å². The van der Waals surface area contributed by atoms with Gasteiger partial charge in [-0.3, -0.25) is 0 Å². The first-order valence-corrected chi connectivity index (χ1v) is 5.79. The first-order valence-electron chi connectivity index (χ1n) is 4.50. The third kappa shape index (κ3) is 3.44. The minimum absolute atomic E-state index is 0.662. The highest BCUT2D eigenvalue weighted by Crippen LogP contribution is 2.08. The summed E-state index contributed by atoms with van der Waals surface area (Å²) in [4.78, 5) is 0. The lowest BCUT2D eigenvalue weighted by Crippen LogP contribution is -2.22. The molecule has 1 aromatic rings. The second-order valence-electron chi connectivity index (χ2n) is 3.20. The predicted octanol–water partition coefficient (Wildman–Crippen LogP) is 2.43. The zero-order valence-corrected chi connectivity index (χ0v) is 9.28. The minimum Gasteiger partial charge on any atom is -0.468 e. The van der Waals surface area contributed by atoms with Crippen molar-refractivity contribution in [2.24, 2.45) is 0 Å². The average Bonchev–Trinajstić information content (AvgIpc) is 2.52. The van der Waals surface area contributed by atoms with Crippen molar-refractivity contribution >= 4 is 11.8 Å². The second-order valence-corrected chi connectivity index (χ2v) is 4.48. The Bertz CT molecular complexity index is 247. The molecule has 0 spiro atoms. The third-order valence-electron chi connectivity index (χ3n) is 2.09. The molecule has 0 saturated heterocycles. The number of aryl methyl sites for hydroxylation is 1. The van der Waals surface area contributed by atoms with Crippen molar-refractivity contribution in [1.82, 2.24) is 5.32 Å². The maximum Gasteiger partial charge on any atom is 0.120 e. The molecule has 0 saturated carbocycles. The molecule has 1 N–H and O–H groups in total. The van der Waals surface area contributed by atoms with Crippen LogP contribution in [0.1, 0.15) is 18.2 Å². The largest absolute Gasteiger partial charge is 0.468 e. The summed E-state index contributed by atoms with van der Waals surface area (Å²) in [5, 5.41) is 4.03. The quantitative estimate of drug-likeness (QED) is 0.788. The highest BCUT2D eigenvalue weighted by molar-refractivity contribution is 7.99. The van der Waals surface area contributed by atoms with E-state index in [1.807, 2.05) is 17.8 Å². The molecule has 1 rings (SSSR count). The van der Waals surface area contributed by atoms with Crippen molar-refractivity contribution in [1.29, 1.82) is 0 Å². The molecular weight excluding hydrogens is 182 g/mol. The van der Waals surface area contributed by atoms with Gasteiger partial charge >= 0.3 is 0 Å². The van der Waals surface area contributed by atoms with Gasteiger partial charge in [-0.25, -0.2) is 0 Å². The molecule has 1 heterocycles. The molecule has 0 amide bonds. The van der Waals surface area contributed by atoms with Crippen molar-refractivity contribution in [3.8, 4) is 0 Å². The van der Waals surface area contributed by atoms with E-state index >= 15 is 0 Å². The maximum absolute atomic E-state index is 5.31. The lowest BCUT2D eigenvalue weighted by Gasteiger charge is -2.08. The van der Waals surface area contributed by atoms with E-state index in [0.29, 0.717) is 5.25 Å². The number of nitrogens with one attached hydrogen (secondary N) is 1. The van der Waals surface area contributed by atoms with Gasteiger partial charge in [-0.05, 0) is 24.8 Å². The molecule has 0 radical (unpaired) electrons. The van der Waals surface area contributed by atoms with Gasteiger partial charge in [0, 0.05) is 11.8 Å². The van der Waals surface area contributed by atoms with Gasteiger partial charge in [-0.2, -0.15) is 11.8 Å². The summed E-state index contributed by atoms with van der Waals surface area (Å²) in [6.07, 6.45) is 3.87. The van der Waals surface area contributed by atoms with Gasteiger partial charge < -0.3 is 9.73 Å². The Morgan fingerprint density at radius 3 is 2.92 bits per heavy atom. The van der Waals surface area contributed by atoms with Crippen molar-refractivity contribution in [2.45, 2.75) is 25.6 Å². The smallest absolute Gasteiger partial charge is 0.120 e. The highest BCUT2D eigenvalue weighted by atomic mass is 32.2. The van der Waals surface area contributed by atoms with Crippen LogP contribution >= 0.6 is 11.8 Å². The number of rotatable bonds is 5. The van der Waals surface area contributed by atoms with E-state index in [0.717, 1.165) is 18.8 Å². The van der Waals surface area contributed by atoms with E-state index < -0.39 is 0 Å². The molecule has 1 aromatic heterocycles. The van der Waals surface area contributed by atoms with Crippen molar-refractivity contribution < 1.29 is 4.42 Å².